The van der Waals surface area contributed by atoms with Gasteiger partial charge >= 0.3 is 5.97 Å². The molecule has 0 aromatic rings. The average Bonchev–Trinajstić information content (AvgIpc) is 3.18. The summed E-state index contributed by atoms with van der Waals surface area (Å²) < 4.78 is 16.3. The first-order valence-electron chi connectivity index (χ1n) is 8.87. The molecule has 0 radical (unpaired) electrons. The quantitative estimate of drug-likeness (QED) is 0.450. The minimum atomic E-state index is -0.591. The van der Waals surface area contributed by atoms with Crippen LogP contribution in [0.1, 0.15) is 45.4 Å². The van der Waals surface area contributed by atoms with Gasteiger partial charge in [0.15, 0.2) is 0 Å². The molecule has 2 bridgehead atoms. The number of fused-ring (bicyclic) bond motifs is 4. The zero-order valence-electron chi connectivity index (χ0n) is 14.5. The van der Waals surface area contributed by atoms with Crippen molar-refractivity contribution in [3.8, 4) is 0 Å². The second-order valence-electron chi connectivity index (χ2n) is 6.92. The third-order valence-electron chi connectivity index (χ3n) is 5.05. The van der Waals surface area contributed by atoms with Gasteiger partial charge in [-0.1, -0.05) is 17.3 Å². The summed E-state index contributed by atoms with van der Waals surface area (Å²) in [6.45, 7) is 2.24. The minimum Gasteiger partial charge on any atom is -0.460 e. The second kappa shape index (κ2) is 8.12. The van der Waals surface area contributed by atoms with E-state index in [4.69, 9.17) is 19.0 Å². The molecule has 24 heavy (non-hydrogen) atoms. The number of rotatable bonds is 3. The van der Waals surface area contributed by atoms with Crippen LogP contribution in [-0.4, -0.2) is 43.9 Å². The van der Waals surface area contributed by atoms with E-state index < -0.39 is 6.10 Å². The molecule has 3 rings (SSSR count). The van der Waals surface area contributed by atoms with Crippen LogP contribution in [0.2, 0.25) is 0 Å². The number of allylic oxidation sites excluding steroid dienone is 2. The highest BCUT2D eigenvalue weighted by Crippen LogP contribution is 2.38. The Morgan fingerprint density at radius 1 is 1.38 bits per heavy atom. The third kappa shape index (κ3) is 4.16. The smallest absolute Gasteiger partial charge is 0.350 e. The molecule has 5 atom stereocenters. The molecule has 0 amide bonds. The Hall–Kier alpha value is -1.40. The molecule has 2 aliphatic heterocycles. The first-order chi connectivity index (χ1) is 11.7. The summed E-state index contributed by atoms with van der Waals surface area (Å²) in [6.07, 6.45) is 9.27. The molecule has 0 saturated heterocycles. The molecule has 2 heterocycles. The number of oxime groups is 1. The van der Waals surface area contributed by atoms with Crippen molar-refractivity contribution in [1.29, 1.82) is 0 Å². The topological polar surface area (TPSA) is 66.4 Å². The van der Waals surface area contributed by atoms with Crippen LogP contribution in [0.4, 0.5) is 0 Å². The normalized spacial score (nSPS) is 38.0. The SMILES string of the molecule is COCO[C@H]1C[C@H]2/C=C\CCC[C@H](C)OC(=O)[C@H]3CC(=NO3)[C@@H]2C1. The number of methoxy groups -OCH3 is 1. The monoisotopic (exact) mass is 337 g/mol. The summed E-state index contributed by atoms with van der Waals surface area (Å²) >= 11 is 0. The van der Waals surface area contributed by atoms with E-state index in [0.717, 1.165) is 37.8 Å². The second-order valence-corrected chi connectivity index (χ2v) is 6.92. The molecule has 1 saturated carbocycles. The zero-order chi connectivity index (χ0) is 16.9. The minimum absolute atomic E-state index is 0.0781. The summed E-state index contributed by atoms with van der Waals surface area (Å²) in [5.41, 5.74) is 0.960. The first kappa shape index (κ1) is 17.4. The highest BCUT2D eigenvalue weighted by atomic mass is 16.7. The van der Waals surface area contributed by atoms with Crippen LogP contribution < -0.4 is 0 Å². The van der Waals surface area contributed by atoms with Gasteiger partial charge in [-0.05, 0) is 44.9 Å². The predicted octanol–water partition coefficient (Wildman–Crippen LogP) is 2.82. The van der Waals surface area contributed by atoms with Crippen LogP contribution in [0.3, 0.4) is 0 Å². The molecule has 0 unspecified atom stereocenters. The van der Waals surface area contributed by atoms with E-state index in [1.54, 1.807) is 7.11 Å². The molecular formula is C18H27NO5. The van der Waals surface area contributed by atoms with Crippen molar-refractivity contribution in [2.24, 2.45) is 17.0 Å². The molecule has 1 aliphatic carbocycles. The summed E-state index contributed by atoms with van der Waals surface area (Å²) in [7, 11) is 1.63. The third-order valence-corrected chi connectivity index (χ3v) is 5.05. The Labute approximate surface area is 143 Å². The summed E-state index contributed by atoms with van der Waals surface area (Å²) in [5, 5.41) is 4.21. The molecule has 1 fully saturated rings. The van der Waals surface area contributed by atoms with Gasteiger partial charge in [0.25, 0.3) is 0 Å². The number of carbonyl (C=O) groups is 1. The van der Waals surface area contributed by atoms with E-state index in [9.17, 15) is 4.79 Å². The van der Waals surface area contributed by atoms with Gasteiger partial charge in [0.2, 0.25) is 6.10 Å². The van der Waals surface area contributed by atoms with E-state index in [2.05, 4.69) is 17.3 Å². The predicted molar refractivity (Wildman–Crippen MR) is 88.4 cm³/mol. The lowest BCUT2D eigenvalue weighted by Gasteiger charge is -2.15. The standard InChI is InChI=1S/C18H27NO5/c1-12-6-4-3-5-7-13-8-14(22-11-21-2)9-15(13)16-10-17(24-19-16)18(20)23-12/h5,7,12-15,17H,3-4,6,8-11H2,1-2H3/b7-5-/t12-,13+,14-,15+,17+/m0/s1. The Bertz CT molecular complexity index is 504. The summed E-state index contributed by atoms with van der Waals surface area (Å²) in [4.78, 5) is 17.6. The Morgan fingerprint density at radius 2 is 2.25 bits per heavy atom. The molecule has 0 aromatic carbocycles. The first-order valence-corrected chi connectivity index (χ1v) is 8.87. The van der Waals surface area contributed by atoms with Gasteiger partial charge in [-0.2, -0.15) is 0 Å². The molecule has 3 aliphatic rings. The zero-order valence-corrected chi connectivity index (χ0v) is 14.5. The van der Waals surface area contributed by atoms with Gasteiger partial charge in [-0.15, -0.1) is 0 Å². The number of hydrogen-bond donors (Lipinski definition) is 0. The van der Waals surface area contributed by atoms with Gasteiger partial charge in [0.05, 0.1) is 17.9 Å². The van der Waals surface area contributed by atoms with Crippen LogP contribution in [-0.2, 0) is 23.8 Å². The van der Waals surface area contributed by atoms with Crippen molar-refractivity contribution >= 4 is 11.7 Å². The van der Waals surface area contributed by atoms with Crippen LogP contribution in [0, 0.1) is 11.8 Å². The van der Waals surface area contributed by atoms with Crippen molar-refractivity contribution in [3.05, 3.63) is 12.2 Å². The fraction of sp³-hybridized carbons (Fsp3) is 0.778. The number of ether oxygens (including phenoxy) is 3. The Kier molecular flexibility index (Phi) is 5.89. The van der Waals surface area contributed by atoms with Gasteiger partial charge < -0.3 is 19.0 Å². The summed E-state index contributed by atoms with van der Waals surface area (Å²) in [5.74, 6) is 0.344. The van der Waals surface area contributed by atoms with E-state index in [0.29, 0.717) is 19.1 Å². The van der Waals surface area contributed by atoms with Crippen LogP contribution in [0.25, 0.3) is 0 Å². The molecule has 0 N–H and O–H groups in total. The number of hydrogen-bond acceptors (Lipinski definition) is 6. The van der Waals surface area contributed by atoms with Crippen molar-refractivity contribution in [1.82, 2.24) is 0 Å². The molecule has 6 nitrogen and oxygen atoms in total. The van der Waals surface area contributed by atoms with Crippen molar-refractivity contribution in [3.63, 3.8) is 0 Å². The Morgan fingerprint density at radius 3 is 3.08 bits per heavy atom. The van der Waals surface area contributed by atoms with E-state index in [1.165, 1.54) is 0 Å². The van der Waals surface area contributed by atoms with Gasteiger partial charge in [-0.25, -0.2) is 4.79 Å². The van der Waals surface area contributed by atoms with Gasteiger partial charge in [-0.3, -0.25) is 0 Å². The van der Waals surface area contributed by atoms with Crippen molar-refractivity contribution in [2.75, 3.05) is 13.9 Å². The van der Waals surface area contributed by atoms with E-state index in [-0.39, 0.29) is 24.1 Å². The van der Waals surface area contributed by atoms with Crippen LogP contribution >= 0.6 is 0 Å². The number of esters is 1. The maximum atomic E-state index is 12.2. The van der Waals surface area contributed by atoms with Gasteiger partial charge in [0.1, 0.15) is 6.79 Å². The van der Waals surface area contributed by atoms with Crippen molar-refractivity contribution < 1.29 is 23.8 Å². The Balaban J connectivity index is 1.72. The largest absolute Gasteiger partial charge is 0.460 e. The van der Waals surface area contributed by atoms with Crippen LogP contribution in [0.15, 0.2) is 17.3 Å². The summed E-state index contributed by atoms with van der Waals surface area (Å²) in [6, 6.07) is 0. The lowest BCUT2D eigenvalue weighted by molar-refractivity contribution is -0.160. The molecule has 0 aromatic heterocycles. The molecular weight excluding hydrogens is 310 g/mol. The maximum Gasteiger partial charge on any atom is 0.350 e. The van der Waals surface area contributed by atoms with E-state index in [1.807, 2.05) is 6.92 Å². The fourth-order valence-electron chi connectivity index (χ4n) is 3.79. The molecule has 0 spiro atoms. The molecule has 6 heteroatoms. The number of cyclic esters (lactones) is 1. The van der Waals surface area contributed by atoms with E-state index >= 15 is 0 Å². The van der Waals surface area contributed by atoms with Crippen LogP contribution in [0.5, 0.6) is 0 Å². The number of nitrogens with zero attached hydrogens (tertiary/aromatic N) is 1. The van der Waals surface area contributed by atoms with Crippen molar-refractivity contribution in [2.45, 2.75) is 63.8 Å². The number of carbonyl (C=O) groups excluding carboxylic acids is 1. The average molecular weight is 337 g/mol. The van der Waals surface area contributed by atoms with Gasteiger partial charge in [0, 0.05) is 19.4 Å². The lowest BCUT2D eigenvalue weighted by Crippen LogP contribution is -2.28. The fourth-order valence-corrected chi connectivity index (χ4v) is 3.79. The maximum absolute atomic E-state index is 12.2. The highest BCUT2D eigenvalue weighted by Gasteiger charge is 2.41. The molecule has 134 valence electrons. The lowest BCUT2D eigenvalue weighted by atomic mass is 9.88. The highest BCUT2D eigenvalue weighted by molar-refractivity contribution is 5.93.